The third-order valence-corrected chi connectivity index (χ3v) is 4.74. The van der Waals surface area contributed by atoms with E-state index in [1.54, 1.807) is 0 Å². The van der Waals surface area contributed by atoms with E-state index in [0.29, 0.717) is 10.7 Å². The van der Waals surface area contributed by atoms with E-state index in [-0.39, 0.29) is 11.9 Å². The molecule has 0 aromatic heterocycles. The fraction of sp³-hybridized carbons (Fsp3) is 0.158. The Morgan fingerprint density at radius 2 is 1.88 bits per heavy atom. The van der Waals surface area contributed by atoms with Crippen LogP contribution < -0.4 is 16.0 Å². The molecule has 0 aliphatic carbocycles. The van der Waals surface area contributed by atoms with Crippen molar-refractivity contribution in [3.8, 4) is 0 Å². The Bertz CT molecular complexity index is 861. The normalized spacial score (nSPS) is 16.9. The van der Waals surface area contributed by atoms with E-state index >= 15 is 0 Å². The zero-order chi connectivity index (χ0) is 18.0. The van der Waals surface area contributed by atoms with Crippen LogP contribution in [0.3, 0.4) is 0 Å². The predicted molar refractivity (Wildman–Crippen MR) is 108 cm³/mol. The van der Waals surface area contributed by atoms with Gasteiger partial charge in [0, 0.05) is 15.9 Å². The van der Waals surface area contributed by atoms with Gasteiger partial charge < -0.3 is 16.0 Å². The third kappa shape index (κ3) is 4.08. The van der Waals surface area contributed by atoms with E-state index in [1.165, 1.54) is 0 Å². The summed E-state index contributed by atoms with van der Waals surface area (Å²) >= 11 is 8.71. The van der Waals surface area contributed by atoms with Gasteiger partial charge in [0.15, 0.2) is 5.11 Å². The number of nitrogens with one attached hydrogen (secondary N) is 3. The van der Waals surface area contributed by atoms with E-state index in [1.807, 2.05) is 62.4 Å². The van der Waals surface area contributed by atoms with Crippen molar-refractivity contribution in [2.45, 2.75) is 19.9 Å². The number of benzene rings is 2. The molecule has 6 heteroatoms. The highest BCUT2D eigenvalue weighted by Crippen LogP contribution is 2.28. The SMILES string of the molecule is CC1=C(C(=O)Nc2cccc(C)c2)C(c2ccc(Br)cc2)NC(=S)N1. The molecule has 128 valence electrons. The Balaban J connectivity index is 1.94. The lowest BCUT2D eigenvalue weighted by Crippen LogP contribution is -2.45. The summed E-state index contributed by atoms with van der Waals surface area (Å²) in [6, 6.07) is 15.3. The molecule has 1 aliphatic rings. The van der Waals surface area contributed by atoms with Gasteiger partial charge in [0.25, 0.3) is 5.91 Å². The zero-order valence-corrected chi connectivity index (χ0v) is 16.3. The second-order valence-electron chi connectivity index (χ2n) is 5.95. The molecule has 0 spiro atoms. The van der Waals surface area contributed by atoms with Crippen LogP contribution in [0.25, 0.3) is 0 Å². The molecule has 1 unspecified atom stereocenters. The predicted octanol–water partition coefficient (Wildman–Crippen LogP) is 4.19. The Labute approximate surface area is 160 Å². The monoisotopic (exact) mass is 415 g/mol. The summed E-state index contributed by atoms with van der Waals surface area (Å²) in [5, 5.41) is 9.74. The fourth-order valence-corrected chi connectivity index (χ4v) is 3.36. The van der Waals surface area contributed by atoms with Gasteiger partial charge in [-0.15, -0.1) is 0 Å². The van der Waals surface area contributed by atoms with Gasteiger partial charge in [0.1, 0.15) is 0 Å². The first-order valence-corrected chi connectivity index (χ1v) is 9.06. The summed E-state index contributed by atoms with van der Waals surface area (Å²) in [4.78, 5) is 12.9. The number of allylic oxidation sites excluding steroid dienone is 1. The van der Waals surface area contributed by atoms with Gasteiger partial charge in [-0.3, -0.25) is 4.79 Å². The van der Waals surface area contributed by atoms with Gasteiger partial charge in [-0.1, -0.05) is 40.2 Å². The van der Waals surface area contributed by atoms with Crippen molar-refractivity contribution in [3.05, 3.63) is 75.4 Å². The Morgan fingerprint density at radius 1 is 1.16 bits per heavy atom. The molecule has 25 heavy (non-hydrogen) atoms. The molecular formula is C19H18BrN3OS. The number of halogens is 1. The highest BCUT2D eigenvalue weighted by molar-refractivity contribution is 9.10. The third-order valence-electron chi connectivity index (χ3n) is 3.99. The van der Waals surface area contributed by atoms with Gasteiger partial charge in [0.05, 0.1) is 11.6 Å². The Kier molecular flexibility index (Phi) is 5.20. The number of rotatable bonds is 3. The lowest BCUT2D eigenvalue weighted by molar-refractivity contribution is -0.113. The van der Waals surface area contributed by atoms with E-state index in [2.05, 4.69) is 31.9 Å². The van der Waals surface area contributed by atoms with Crippen molar-refractivity contribution in [1.82, 2.24) is 10.6 Å². The number of amides is 1. The van der Waals surface area contributed by atoms with Crippen LogP contribution in [-0.4, -0.2) is 11.0 Å². The molecule has 4 nitrogen and oxygen atoms in total. The quantitative estimate of drug-likeness (QED) is 0.657. The summed E-state index contributed by atoms with van der Waals surface area (Å²) in [6.07, 6.45) is 0. The lowest BCUT2D eigenvalue weighted by Gasteiger charge is -2.30. The molecule has 1 atom stereocenters. The molecule has 1 amide bonds. The highest BCUT2D eigenvalue weighted by atomic mass is 79.9. The van der Waals surface area contributed by atoms with Gasteiger partial charge >= 0.3 is 0 Å². The molecule has 0 saturated carbocycles. The van der Waals surface area contributed by atoms with Gasteiger partial charge in [-0.05, 0) is 61.5 Å². The van der Waals surface area contributed by atoms with Crippen LogP contribution in [0.15, 0.2) is 64.3 Å². The van der Waals surface area contributed by atoms with E-state index < -0.39 is 0 Å². The Morgan fingerprint density at radius 3 is 2.56 bits per heavy atom. The summed E-state index contributed by atoms with van der Waals surface area (Å²) < 4.78 is 0.985. The van der Waals surface area contributed by atoms with Crippen LogP contribution in [0.4, 0.5) is 5.69 Å². The number of hydrogen-bond donors (Lipinski definition) is 3. The number of carbonyl (C=O) groups is 1. The van der Waals surface area contributed by atoms with Crippen LogP contribution in [0.2, 0.25) is 0 Å². The molecule has 2 aromatic rings. The molecule has 3 N–H and O–H groups in total. The first kappa shape index (κ1) is 17.6. The number of thiocarbonyl (C=S) groups is 1. The minimum atomic E-state index is -0.299. The summed E-state index contributed by atoms with van der Waals surface area (Å²) in [7, 11) is 0. The average molecular weight is 416 g/mol. The minimum Gasteiger partial charge on any atom is -0.351 e. The summed E-state index contributed by atoms with van der Waals surface area (Å²) in [6.45, 7) is 3.86. The first-order valence-electron chi connectivity index (χ1n) is 7.86. The number of carbonyl (C=O) groups excluding carboxylic acids is 1. The van der Waals surface area contributed by atoms with Crippen molar-refractivity contribution < 1.29 is 4.79 Å². The number of anilines is 1. The van der Waals surface area contributed by atoms with Gasteiger partial charge in [-0.25, -0.2) is 0 Å². The van der Waals surface area contributed by atoms with Crippen LogP contribution in [-0.2, 0) is 4.79 Å². The first-order chi connectivity index (χ1) is 11.9. The summed E-state index contributed by atoms with van der Waals surface area (Å²) in [5.74, 6) is -0.154. The Hall–Kier alpha value is -2.18. The lowest BCUT2D eigenvalue weighted by atomic mass is 9.95. The molecular weight excluding hydrogens is 398 g/mol. The van der Waals surface area contributed by atoms with Crippen molar-refractivity contribution in [2.24, 2.45) is 0 Å². The maximum atomic E-state index is 12.9. The standard InChI is InChI=1S/C19H18BrN3OS/c1-11-4-3-5-15(10-11)22-18(24)16-12(2)21-19(25)23-17(16)13-6-8-14(20)9-7-13/h3-10,17H,1-2H3,(H,22,24)(H2,21,23,25). The van der Waals surface area contributed by atoms with Crippen molar-refractivity contribution in [3.63, 3.8) is 0 Å². The van der Waals surface area contributed by atoms with Crippen molar-refractivity contribution in [1.29, 1.82) is 0 Å². The smallest absolute Gasteiger partial charge is 0.255 e. The van der Waals surface area contributed by atoms with E-state index in [0.717, 1.165) is 27.0 Å². The number of hydrogen-bond acceptors (Lipinski definition) is 2. The molecule has 3 rings (SSSR count). The van der Waals surface area contributed by atoms with Gasteiger partial charge in [-0.2, -0.15) is 0 Å². The van der Waals surface area contributed by atoms with E-state index in [4.69, 9.17) is 12.2 Å². The molecule has 2 aromatic carbocycles. The minimum absolute atomic E-state index is 0.154. The maximum absolute atomic E-state index is 12.9. The molecule has 0 bridgehead atoms. The average Bonchev–Trinajstić information content (AvgIpc) is 2.54. The molecule has 1 aliphatic heterocycles. The second-order valence-corrected chi connectivity index (χ2v) is 7.27. The van der Waals surface area contributed by atoms with Crippen molar-refractivity contribution >= 4 is 44.9 Å². The largest absolute Gasteiger partial charge is 0.351 e. The molecule has 0 fully saturated rings. The van der Waals surface area contributed by atoms with Crippen LogP contribution >= 0.6 is 28.1 Å². The maximum Gasteiger partial charge on any atom is 0.255 e. The summed E-state index contributed by atoms with van der Waals surface area (Å²) in [5.41, 5.74) is 4.21. The van der Waals surface area contributed by atoms with E-state index in [9.17, 15) is 4.79 Å². The molecule has 0 radical (unpaired) electrons. The molecule has 1 heterocycles. The van der Waals surface area contributed by atoms with Gasteiger partial charge in [0.2, 0.25) is 0 Å². The van der Waals surface area contributed by atoms with Crippen molar-refractivity contribution in [2.75, 3.05) is 5.32 Å². The zero-order valence-electron chi connectivity index (χ0n) is 13.9. The highest BCUT2D eigenvalue weighted by Gasteiger charge is 2.29. The topological polar surface area (TPSA) is 53.2 Å². The van der Waals surface area contributed by atoms with Crippen LogP contribution in [0.1, 0.15) is 24.1 Å². The fourth-order valence-electron chi connectivity index (χ4n) is 2.82. The second kappa shape index (κ2) is 7.37. The molecule has 0 saturated heterocycles. The van der Waals surface area contributed by atoms with Crippen LogP contribution in [0, 0.1) is 6.92 Å². The number of aryl methyl sites for hydroxylation is 1. The van der Waals surface area contributed by atoms with Crippen LogP contribution in [0.5, 0.6) is 0 Å².